The van der Waals surface area contributed by atoms with Crippen molar-refractivity contribution in [2.75, 3.05) is 11.9 Å². The van der Waals surface area contributed by atoms with Crippen molar-refractivity contribution in [3.63, 3.8) is 0 Å². The van der Waals surface area contributed by atoms with E-state index >= 15 is 0 Å². The van der Waals surface area contributed by atoms with E-state index in [9.17, 15) is 9.18 Å². The molecule has 6 heteroatoms. The zero-order valence-corrected chi connectivity index (χ0v) is 12.7. The van der Waals surface area contributed by atoms with E-state index in [0.717, 1.165) is 10.4 Å². The predicted octanol–water partition coefficient (Wildman–Crippen LogP) is 3.41. The van der Waals surface area contributed by atoms with Gasteiger partial charge in [-0.2, -0.15) is 0 Å². The first-order chi connectivity index (χ1) is 10.0. The van der Waals surface area contributed by atoms with E-state index in [1.54, 1.807) is 6.07 Å². The Labute approximate surface area is 130 Å². The van der Waals surface area contributed by atoms with Crippen molar-refractivity contribution in [3.8, 4) is 11.8 Å². The van der Waals surface area contributed by atoms with Crippen molar-refractivity contribution in [2.24, 2.45) is 5.73 Å². The minimum absolute atomic E-state index is 0.0492. The molecule has 21 heavy (non-hydrogen) atoms. The molecule has 0 aliphatic heterocycles. The van der Waals surface area contributed by atoms with Gasteiger partial charge in [-0.05, 0) is 36.8 Å². The van der Waals surface area contributed by atoms with E-state index in [0.29, 0.717) is 9.90 Å². The van der Waals surface area contributed by atoms with Crippen LogP contribution in [0.15, 0.2) is 24.3 Å². The highest BCUT2D eigenvalue weighted by molar-refractivity contribution is 7.14. The number of halogens is 2. The van der Waals surface area contributed by atoms with Crippen molar-refractivity contribution in [1.82, 2.24) is 0 Å². The Kier molecular flexibility index (Phi) is 4.97. The van der Waals surface area contributed by atoms with Gasteiger partial charge in [-0.15, -0.1) is 11.3 Å². The van der Waals surface area contributed by atoms with Crippen molar-refractivity contribution in [3.05, 3.63) is 50.4 Å². The summed E-state index contributed by atoms with van der Waals surface area (Å²) in [4.78, 5) is 13.4. The molecule has 1 heterocycles. The molecule has 2 aromatic rings. The fraction of sp³-hybridized carbons (Fsp3) is 0.133. The van der Waals surface area contributed by atoms with Gasteiger partial charge in [0.15, 0.2) is 0 Å². The number of hydrogen-bond donors (Lipinski definition) is 2. The molecule has 0 aliphatic rings. The minimum Gasteiger partial charge on any atom is -0.320 e. The highest BCUT2D eigenvalue weighted by Crippen LogP contribution is 2.24. The van der Waals surface area contributed by atoms with Gasteiger partial charge in [0.2, 0.25) is 0 Å². The zero-order chi connectivity index (χ0) is 15.4. The SMILES string of the molecule is Cc1cc(C(=O)Nc2cc(Cl)ccc2F)sc1C#CCN. The van der Waals surface area contributed by atoms with Gasteiger partial charge in [0.05, 0.1) is 22.0 Å². The number of amides is 1. The van der Waals surface area contributed by atoms with Crippen LogP contribution in [0.4, 0.5) is 10.1 Å². The van der Waals surface area contributed by atoms with Crippen LogP contribution in [-0.2, 0) is 0 Å². The summed E-state index contributed by atoms with van der Waals surface area (Å²) in [5.41, 5.74) is 6.26. The normalized spacial score (nSPS) is 9.90. The van der Waals surface area contributed by atoms with E-state index in [1.807, 2.05) is 6.92 Å². The molecule has 0 unspecified atom stereocenters. The maximum absolute atomic E-state index is 13.6. The molecule has 0 atom stereocenters. The third kappa shape index (κ3) is 3.82. The lowest BCUT2D eigenvalue weighted by atomic mass is 10.2. The van der Waals surface area contributed by atoms with Crippen molar-refractivity contribution in [1.29, 1.82) is 0 Å². The molecule has 0 radical (unpaired) electrons. The molecule has 0 saturated heterocycles. The first kappa shape index (κ1) is 15.5. The molecule has 0 fully saturated rings. The summed E-state index contributed by atoms with van der Waals surface area (Å²) in [5, 5.41) is 2.85. The molecule has 1 amide bonds. The standard InChI is InChI=1S/C15H12ClFN2OS/c1-9-7-14(21-13(9)3-2-6-18)15(20)19-12-8-10(16)4-5-11(12)17/h4-5,7-8H,6,18H2,1H3,(H,19,20). The minimum atomic E-state index is -0.538. The van der Waals surface area contributed by atoms with Gasteiger partial charge in [-0.3, -0.25) is 4.79 Å². The van der Waals surface area contributed by atoms with Crippen molar-refractivity contribution in [2.45, 2.75) is 6.92 Å². The lowest BCUT2D eigenvalue weighted by Crippen LogP contribution is -2.11. The maximum Gasteiger partial charge on any atom is 0.265 e. The lowest BCUT2D eigenvalue weighted by molar-refractivity contribution is 0.103. The summed E-state index contributed by atoms with van der Waals surface area (Å²) in [6.07, 6.45) is 0. The summed E-state index contributed by atoms with van der Waals surface area (Å²) in [5.74, 6) is 4.71. The second-order valence-corrected chi connectivity index (χ2v) is 5.70. The molecule has 1 aromatic heterocycles. The molecule has 0 saturated carbocycles. The first-order valence-electron chi connectivity index (χ1n) is 6.07. The molecule has 0 aliphatic carbocycles. The second-order valence-electron chi connectivity index (χ2n) is 4.21. The number of nitrogens with two attached hydrogens (primary N) is 1. The number of aryl methyl sites for hydroxylation is 1. The quantitative estimate of drug-likeness (QED) is 0.832. The van der Waals surface area contributed by atoms with Crippen LogP contribution < -0.4 is 11.1 Å². The van der Waals surface area contributed by atoms with Gasteiger partial charge in [0.1, 0.15) is 5.82 Å². The van der Waals surface area contributed by atoms with E-state index in [1.165, 1.54) is 29.5 Å². The largest absolute Gasteiger partial charge is 0.320 e. The zero-order valence-electron chi connectivity index (χ0n) is 11.2. The van der Waals surface area contributed by atoms with Crippen LogP contribution in [0, 0.1) is 24.6 Å². The smallest absolute Gasteiger partial charge is 0.265 e. The Balaban J connectivity index is 2.23. The third-order valence-electron chi connectivity index (χ3n) is 2.62. The topological polar surface area (TPSA) is 55.1 Å². The third-order valence-corrected chi connectivity index (χ3v) is 4.01. The molecule has 1 aromatic carbocycles. The molecule has 3 nitrogen and oxygen atoms in total. The molecular weight excluding hydrogens is 311 g/mol. The van der Waals surface area contributed by atoms with E-state index in [4.69, 9.17) is 17.3 Å². The monoisotopic (exact) mass is 322 g/mol. The Bertz CT molecular complexity index is 746. The van der Waals surface area contributed by atoms with Crippen molar-refractivity contribution >= 4 is 34.5 Å². The Hall–Kier alpha value is -1.87. The summed E-state index contributed by atoms with van der Waals surface area (Å²) in [6, 6.07) is 5.70. The van der Waals surface area contributed by atoms with Crippen LogP contribution in [0.2, 0.25) is 5.02 Å². The Morgan fingerprint density at radius 3 is 2.95 bits per heavy atom. The first-order valence-corrected chi connectivity index (χ1v) is 7.26. The van der Waals surface area contributed by atoms with E-state index in [2.05, 4.69) is 17.2 Å². The van der Waals surface area contributed by atoms with Crippen LogP contribution in [0.5, 0.6) is 0 Å². The van der Waals surface area contributed by atoms with Crippen LogP contribution in [0.25, 0.3) is 0 Å². The number of carbonyl (C=O) groups is 1. The summed E-state index contributed by atoms with van der Waals surface area (Å²) < 4.78 is 13.6. The average molecular weight is 323 g/mol. The van der Waals surface area contributed by atoms with Crippen LogP contribution in [-0.4, -0.2) is 12.5 Å². The fourth-order valence-electron chi connectivity index (χ4n) is 1.63. The second kappa shape index (κ2) is 6.72. The van der Waals surface area contributed by atoms with E-state index in [-0.39, 0.29) is 12.2 Å². The Morgan fingerprint density at radius 2 is 2.24 bits per heavy atom. The van der Waals surface area contributed by atoms with Crippen LogP contribution in [0.3, 0.4) is 0 Å². The number of benzene rings is 1. The predicted molar refractivity (Wildman–Crippen MR) is 84.4 cm³/mol. The highest BCUT2D eigenvalue weighted by Gasteiger charge is 2.14. The summed E-state index contributed by atoms with van der Waals surface area (Å²) >= 11 is 7.03. The number of nitrogens with one attached hydrogen (secondary N) is 1. The van der Waals surface area contributed by atoms with Gasteiger partial charge < -0.3 is 11.1 Å². The van der Waals surface area contributed by atoms with Crippen LogP contribution in [0.1, 0.15) is 20.1 Å². The van der Waals surface area contributed by atoms with Gasteiger partial charge in [-0.25, -0.2) is 4.39 Å². The summed E-state index contributed by atoms with van der Waals surface area (Å²) in [7, 11) is 0. The number of anilines is 1. The van der Waals surface area contributed by atoms with Gasteiger partial charge in [0.25, 0.3) is 5.91 Å². The van der Waals surface area contributed by atoms with Gasteiger partial charge in [-0.1, -0.05) is 23.4 Å². The average Bonchev–Trinajstić information content (AvgIpc) is 2.82. The van der Waals surface area contributed by atoms with E-state index < -0.39 is 11.7 Å². The summed E-state index contributed by atoms with van der Waals surface area (Å²) in [6.45, 7) is 2.11. The molecule has 108 valence electrons. The number of rotatable bonds is 2. The van der Waals surface area contributed by atoms with Gasteiger partial charge >= 0.3 is 0 Å². The molecular formula is C15H12ClFN2OS. The van der Waals surface area contributed by atoms with Gasteiger partial charge in [0, 0.05) is 5.02 Å². The molecule has 3 N–H and O–H groups in total. The Morgan fingerprint density at radius 1 is 1.48 bits per heavy atom. The highest BCUT2D eigenvalue weighted by atomic mass is 35.5. The molecule has 0 spiro atoms. The maximum atomic E-state index is 13.6. The van der Waals surface area contributed by atoms with Crippen molar-refractivity contribution < 1.29 is 9.18 Å². The lowest BCUT2D eigenvalue weighted by Gasteiger charge is -2.05. The number of carbonyl (C=O) groups excluding carboxylic acids is 1. The van der Waals surface area contributed by atoms with Crippen LogP contribution >= 0.6 is 22.9 Å². The number of hydrogen-bond acceptors (Lipinski definition) is 3. The number of thiophene rings is 1. The fourth-order valence-corrected chi connectivity index (χ4v) is 2.74. The molecule has 2 rings (SSSR count). The molecule has 0 bridgehead atoms.